The lowest BCUT2D eigenvalue weighted by molar-refractivity contribution is 0.0932. The van der Waals surface area contributed by atoms with Gasteiger partial charge in [-0.2, -0.15) is 5.10 Å². The third kappa shape index (κ3) is 4.48. The minimum atomic E-state index is -0.354. The third-order valence-electron chi connectivity index (χ3n) is 5.03. The molecule has 0 saturated heterocycles. The lowest BCUT2D eigenvalue weighted by Gasteiger charge is -2.15. The van der Waals surface area contributed by atoms with Crippen molar-refractivity contribution in [2.75, 3.05) is 7.11 Å². The molecule has 0 aliphatic heterocycles. The van der Waals surface area contributed by atoms with E-state index in [1.807, 2.05) is 61.5 Å². The van der Waals surface area contributed by atoms with Crippen molar-refractivity contribution in [1.29, 1.82) is 0 Å². The fourth-order valence-electron chi connectivity index (χ4n) is 3.34. The second kappa shape index (κ2) is 8.83. The number of amides is 1. The van der Waals surface area contributed by atoms with Gasteiger partial charge in [0.25, 0.3) is 5.91 Å². The van der Waals surface area contributed by atoms with E-state index in [1.165, 1.54) is 16.8 Å². The van der Waals surface area contributed by atoms with E-state index < -0.39 is 0 Å². The van der Waals surface area contributed by atoms with Gasteiger partial charge in [0, 0.05) is 5.56 Å². The molecule has 0 fully saturated rings. The van der Waals surface area contributed by atoms with Crippen LogP contribution in [0.3, 0.4) is 0 Å². The predicted molar refractivity (Wildman–Crippen MR) is 118 cm³/mol. The van der Waals surface area contributed by atoms with Crippen LogP contribution in [-0.2, 0) is 0 Å². The summed E-state index contributed by atoms with van der Waals surface area (Å²) >= 11 is 0. The van der Waals surface area contributed by atoms with Crippen LogP contribution in [0.5, 0.6) is 5.75 Å². The van der Waals surface area contributed by atoms with Crippen LogP contribution < -0.4 is 10.1 Å². The predicted octanol–water partition coefficient (Wildman–Crippen LogP) is 5.18. The minimum absolute atomic E-state index is 0.189. The average Bonchev–Trinajstić information content (AvgIpc) is 3.26. The molecule has 1 unspecified atom stereocenters. The second-order valence-corrected chi connectivity index (χ2v) is 7.14. The molecular formula is C25H22FN3O2. The summed E-state index contributed by atoms with van der Waals surface area (Å²) in [7, 11) is 1.60. The highest BCUT2D eigenvalue weighted by molar-refractivity contribution is 5.94. The zero-order chi connectivity index (χ0) is 21.8. The van der Waals surface area contributed by atoms with Crippen LogP contribution in [-0.4, -0.2) is 22.8 Å². The number of rotatable bonds is 6. The lowest BCUT2D eigenvalue weighted by Crippen LogP contribution is -2.28. The van der Waals surface area contributed by atoms with Crippen LogP contribution >= 0.6 is 0 Å². The molecular weight excluding hydrogens is 393 g/mol. The van der Waals surface area contributed by atoms with E-state index in [9.17, 15) is 9.18 Å². The van der Waals surface area contributed by atoms with Gasteiger partial charge in [-0.05, 0) is 55.0 Å². The summed E-state index contributed by atoms with van der Waals surface area (Å²) in [6.45, 7) is 1.93. The van der Waals surface area contributed by atoms with E-state index in [2.05, 4.69) is 10.4 Å². The highest BCUT2D eigenvalue weighted by Gasteiger charge is 2.20. The van der Waals surface area contributed by atoms with Gasteiger partial charge in [0.05, 0.1) is 24.5 Å². The van der Waals surface area contributed by atoms with Gasteiger partial charge in [-0.25, -0.2) is 9.07 Å². The Bertz CT molecular complexity index is 1190. The first kappa shape index (κ1) is 20.3. The number of aromatic nitrogens is 2. The first-order valence-electron chi connectivity index (χ1n) is 9.91. The van der Waals surface area contributed by atoms with Crippen LogP contribution in [0.2, 0.25) is 0 Å². The van der Waals surface area contributed by atoms with Crippen molar-refractivity contribution in [3.8, 4) is 22.7 Å². The molecule has 0 aliphatic carbocycles. The Kier molecular flexibility index (Phi) is 5.80. The zero-order valence-electron chi connectivity index (χ0n) is 17.2. The summed E-state index contributed by atoms with van der Waals surface area (Å²) in [6.07, 6.45) is 0. The number of nitrogens with one attached hydrogen (secondary N) is 1. The van der Waals surface area contributed by atoms with Crippen LogP contribution in [0.1, 0.15) is 29.0 Å². The fraction of sp³-hybridized carbons (Fsp3) is 0.120. The number of benzene rings is 3. The molecule has 0 spiro atoms. The fourth-order valence-corrected chi connectivity index (χ4v) is 3.34. The molecule has 4 rings (SSSR count). The topological polar surface area (TPSA) is 56.1 Å². The van der Waals surface area contributed by atoms with Crippen LogP contribution in [0.25, 0.3) is 16.9 Å². The molecule has 31 heavy (non-hydrogen) atoms. The van der Waals surface area contributed by atoms with Gasteiger partial charge < -0.3 is 10.1 Å². The smallest absolute Gasteiger partial charge is 0.270 e. The largest absolute Gasteiger partial charge is 0.497 e. The average molecular weight is 415 g/mol. The summed E-state index contributed by atoms with van der Waals surface area (Å²) < 4.78 is 20.3. The monoisotopic (exact) mass is 415 g/mol. The molecule has 1 N–H and O–H groups in total. The van der Waals surface area contributed by atoms with Crippen LogP contribution in [0.4, 0.5) is 4.39 Å². The van der Waals surface area contributed by atoms with Crippen molar-refractivity contribution >= 4 is 5.91 Å². The van der Waals surface area contributed by atoms with Gasteiger partial charge in [0.1, 0.15) is 17.3 Å². The number of halogens is 1. The van der Waals surface area contributed by atoms with Crippen molar-refractivity contribution in [1.82, 2.24) is 15.1 Å². The maximum Gasteiger partial charge on any atom is 0.270 e. The summed E-state index contributed by atoms with van der Waals surface area (Å²) in [5.41, 5.74) is 3.36. The number of nitrogens with zero attached hydrogens (tertiary/aromatic N) is 2. The third-order valence-corrected chi connectivity index (χ3v) is 5.03. The number of methoxy groups -OCH3 is 1. The quantitative estimate of drug-likeness (QED) is 0.472. The van der Waals surface area contributed by atoms with Gasteiger partial charge in [-0.1, -0.05) is 42.5 Å². The molecule has 1 amide bonds. The van der Waals surface area contributed by atoms with Crippen LogP contribution in [0, 0.1) is 5.82 Å². The Morgan fingerprint density at radius 2 is 1.74 bits per heavy atom. The highest BCUT2D eigenvalue weighted by atomic mass is 19.1. The van der Waals surface area contributed by atoms with E-state index in [1.54, 1.807) is 25.3 Å². The number of hydrogen-bond acceptors (Lipinski definition) is 3. The second-order valence-electron chi connectivity index (χ2n) is 7.14. The summed E-state index contributed by atoms with van der Waals surface area (Å²) in [5.74, 6) is 0.0625. The first-order chi connectivity index (χ1) is 15.0. The molecule has 1 aromatic heterocycles. The van der Waals surface area contributed by atoms with Gasteiger partial charge in [-0.15, -0.1) is 0 Å². The van der Waals surface area contributed by atoms with Crippen molar-refractivity contribution in [2.45, 2.75) is 13.0 Å². The van der Waals surface area contributed by atoms with Gasteiger partial charge in [0.2, 0.25) is 0 Å². The SMILES string of the molecule is COc1cccc(-c2cc(C(=O)NC(C)c3ccccc3)n(-c3ccc(F)cc3)n2)c1. The molecule has 5 nitrogen and oxygen atoms in total. The minimum Gasteiger partial charge on any atom is -0.497 e. The molecule has 0 saturated carbocycles. The summed E-state index contributed by atoms with van der Waals surface area (Å²) in [5, 5.41) is 7.66. The Balaban J connectivity index is 1.73. The Morgan fingerprint density at radius 1 is 1.00 bits per heavy atom. The number of carbonyl (C=O) groups is 1. The van der Waals surface area contributed by atoms with Crippen molar-refractivity contribution in [3.63, 3.8) is 0 Å². The van der Waals surface area contributed by atoms with E-state index in [-0.39, 0.29) is 17.8 Å². The maximum atomic E-state index is 13.5. The highest BCUT2D eigenvalue weighted by Crippen LogP contribution is 2.26. The Hall–Kier alpha value is -3.93. The standard InChI is InChI=1S/C25H22FN3O2/c1-17(18-7-4-3-5-8-18)27-25(30)24-16-23(19-9-6-10-22(15-19)31-2)28-29(24)21-13-11-20(26)12-14-21/h3-17H,1-2H3,(H,27,30). The molecule has 0 aliphatic rings. The number of hydrogen-bond donors (Lipinski definition) is 1. The molecule has 4 aromatic rings. The molecule has 6 heteroatoms. The van der Waals surface area contributed by atoms with Gasteiger partial charge in [-0.3, -0.25) is 4.79 Å². The zero-order valence-corrected chi connectivity index (χ0v) is 17.2. The van der Waals surface area contributed by atoms with Gasteiger partial charge >= 0.3 is 0 Å². The molecule has 0 bridgehead atoms. The van der Waals surface area contributed by atoms with Gasteiger partial charge in [0.15, 0.2) is 0 Å². The molecule has 1 atom stereocenters. The van der Waals surface area contributed by atoms with E-state index in [0.717, 1.165) is 11.1 Å². The molecule has 1 heterocycles. The van der Waals surface area contributed by atoms with Crippen molar-refractivity contribution in [2.24, 2.45) is 0 Å². The molecule has 0 radical (unpaired) electrons. The Labute approximate surface area is 180 Å². The lowest BCUT2D eigenvalue weighted by atomic mass is 10.1. The normalized spacial score (nSPS) is 11.7. The summed E-state index contributed by atoms with van der Waals surface area (Å²) in [4.78, 5) is 13.2. The molecule has 3 aromatic carbocycles. The number of ether oxygens (including phenoxy) is 1. The Morgan fingerprint density at radius 3 is 2.45 bits per heavy atom. The summed E-state index contributed by atoms with van der Waals surface area (Å²) in [6, 6.07) is 24.6. The van der Waals surface area contributed by atoms with E-state index in [0.29, 0.717) is 22.8 Å². The first-order valence-corrected chi connectivity index (χ1v) is 9.91. The number of carbonyl (C=O) groups excluding carboxylic acids is 1. The van der Waals surface area contributed by atoms with E-state index >= 15 is 0 Å². The molecule has 156 valence electrons. The maximum absolute atomic E-state index is 13.5. The van der Waals surface area contributed by atoms with Crippen LogP contribution in [0.15, 0.2) is 84.9 Å². The van der Waals surface area contributed by atoms with Crippen molar-refractivity contribution in [3.05, 3.63) is 102 Å². The van der Waals surface area contributed by atoms with Crippen molar-refractivity contribution < 1.29 is 13.9 Å². The van der Waals surface area contributed by atoms with E-state index in [4.69, 9.17) is 4.74 Å².